The van der Waals surface area contributed by atoms with Crippen LogP contribution in [0.25, 0.3) is 0 Å². The zero-order chi connectivity index (χ0) is 21.3. The summed E-state index contributed by atoms with van der Waals surface area (Å²) in [5.41, 5.74) is -0.839. The number of nitriles is 1. The molecule has 3 unspecified atom stereocenters. The molecule has 0 saturated carbocycles. The van der Waals surface area contributed by atoms with Crippen molar-refractivity contribution in [1.82, 2.24) is 0 Å². The lowest BCUT2D eigenvalue weighted by atomic mass is 9.99. The zero-order valence-corrected chi connectivity index (χ0v) is 16.9. The summed E-state index contributed by atoms with van der Waals surface area (Å²) in [5.74, 6) is -2.25. The van der Waals surface area contributed by atoms with Gasteiger partial charge in [-0.2, -0.15) is 5.26 Å². The first-order valence-corrected chi connectivity index (χ1v) is 9.49. The van der Waals surface area contributed by atoms with Gasteiger partial charge in [-0.25, -0.2) is 0 Å². The van der Waals surface area contributed by atoms with E-state index in [2.05, 4.69) is 0 Å². The number of carbonyl (C=O) groups is 4. The van der Waals surface area contributed by atoms with E-state index in [9.17, 15) is 19.2 Å². The lowest BCUT2D eigenvalue weighted by Crippen LogP contribution is -2.61. The van der Waals surface area contributed by atoms with Crippen LogP contribution in [0, 0.1) is 11.3 Å². The third kappa shape index (κ3) is 7.74. The average Bonchev–Trinajstić information content (AvgIpc) is 2.57. The highest BCUT2D eigenvalue weighted by Gasteiger charge is 2.52. The maximum Gasteiger partial charge on any atom is 0.303 e. The van der Waals surface area contributed by atoms with Crippen LogP contribution in [-0.2, 0) is 42.9 Å². The number of carbonyl (C=O) groups excluding carboxylic acids is 4. The third-order valence-electron chi connectivity index (χ3n) is 3.44. The summed E-state index contributed by atoms with van der Waals surface area (Å²) in [7, 11) is 0. The van der Waals surface area contributed by atoms with Crippen LogP contribution in [0.1, 0.15) is 34.1 Å². The Bertz CT molecular complexity index is 633. The fraction of sp³-hybridized carbons (Fsp3) is 0.706. The first-order chi connectivity index (χ1) is 13.1. The highest BCUT2D eigenvalue weighted by molar-refractivity contribution is 7.99. The molecule has 1 aliphatic heterocycles. The predicted molar refractivity (Wildman–Crippen MR) is 94.6 cm³/mol. The Hall–Kier alpha value is -2.32. The fourth-order valence-corrected chi connectivity index (χ4v) is 3.61. The van der Waals surface area contributed by atoms with Crippen molar-refractivity contribution < 1.29 is 42.9 Å². The Balaban J connectivity index is 3.23. The highest BCUT2D eigenvalue weighted by atomic mass is 32.2. The van der Waals surface area contributed by atoms with E-state index in [0.717, 1.165) is 13.8 Å². The fourth-order valence-electron chi connectivity index (χ4n) is 2.54. The molecule has 0 aromatic rings. The molecule has 156 valence electrons. The van der Waals surface area contributed by atoms with Crippen molar-refractivity contribution in [3.63, 3.8) is 0 Å². The molecule has 1 rings (SSSR count). The maximum atomic E-state index is 11.6. The lowest BCUT2D eigenvalue weighted by Gasteiger charge is -2.44. The topological polar surface area (TPSA) is 138 Å². The molecule has 0 bridgehead atoms. The van der Waals surface area contributed by atoms with Gasteiger partial charge in [0.05, 0.1) is 6.07 Å². The summed E-state index contributed by atoms with van der Waals surface area (Å²) in [6, 6.07) is 1.98. The van der Waals surface area contributed by atoms with Crippen molar-refractivity contribution in [1.29, 1.82) is 5.26 Å². The number of ether oxygens (including phenoxy) is 5. The number of hydrogen-bond donors (Lipinski definition) is 0. The quantitative estimate of drug-likeness (QED) is 0.313. The molecule has 5 atom stereocenters. The zero-order valence-electron chi connectivity index (χ0n) is 16.0. The van der Waals surface area contributed by atoms with E-state index in [1.54, 1.807) is 0 Å². The molecule has 0 radical (unpaired) electrons. The summed E-state index contributed by atoms with van der Waals surface area (Å²) in [6.45, 7) is 4.42. The standard InChI is InChI=1S/C17H23NO9S/c1-9(19)23-8-13-14(24-10(2)20)15(25-11(3)21)16(26-12(4)22)17(27-13)28-7-5-6-18/h13-17H,5,7-8H2,1-4H3/t13?,14-,15?,16?,17-/m0/s1. The summed E-state index contributed by atoms with van der Waals surface area (Å²) in [6.07, 6.45) is -4.21. The second kappa shape index (κ2) is 11.5. The first kappa shape index (κ1) is 23.7. The molecule has 0 aliphatic carbocycles. The van der Waals surface area contributed by atoms with Crippen LogP contribution in [0.5, 0.6) is 0 Å². The molecule has 1 aliphatic rings. The molecule has 0 aromatic carbocycles. The minimum absolute atomic E-state index is 0.206. The Morgan fingerprint density at radius 2 is 1.43 bits per heavy atom. The molecule has 1 fully saturated rings. The second-order valence-electron chi connectivity index (χ2n) is 5.85. The van der Waals surface area contributed by atoms with Crippen LogP contribution in [0.15, 0.2) is 0 Å². The van der Waals surface area contributed by atoms with E-state index in [1.165, 1.54) is 25.6 Å². The minimum atomic E-state index is -1.18. The van der Waals surface area contributed by atoms with Gasteiger partial charge in [-0.15, -0.1) is 11.8 Å². The van der Waals surface area contributed by atoms with Crippen LogP contribution in [0.3, 0.4) is 0 Å². The van der Waals surface area contributed by atoms with Gasteiger partial charge >= 0.3 is 23.9 Å². The number of hydrogen-bond acceptors (Lipinski definition) is 11. The van der Waals surface area contributed by atoms with Crippen LogP contribution >= 0.6 is 11.8 Å². The Labute approximate surface area is 166 Å². The summed E-state index contributed by atoms with van der Waals surface area (Å²) < 4.78 is 26.7. The van der Waals surface area contributed by atoms with Crippen molar-refractivity contribution in [2.75, 3.05) is 12.4 Å². The van der Waals surface area contributed by atoms with Gasteiger partial charge in [-0.05, 0) is 0 Å². The smallest absolute Gasteiger partial charge is 0.303 e. The molecule has 0 N–H and O–H groups in total. The van der Waals surface area contributed by atoms with Gasteiger partial charge in [0, 0.05) is 39.9 Å². The monoisotopic (exact) mass is 417 g/mol. The Morgan fingerprint density at radius 3 is 1.93 bits per heavy atom. The maximum absolute atomic E-state index is 11.6. The van der Waals surface area contributed by atoms with E-state index < -0.39 is 53.7 Å². The largest absolute Gasteiger partial charge is 0.463 e. The molecule has 0 aromatic heterocycles. The van der Waals surface area contributed by atoms with Gasteiger partial charge in [0.15, 0.2) is 18.3 Å². The molecular weight excluding hydrogens is 394 g/mol. The van der Waals surface area contributed by atoms with Crippen molar-refractivity contribution in [3.05, 3.63) is 0 Å². The first-order valence-electron chi connectivity index (χ1n) is 8.44. The van der Waals surface area contributed by atoms with E-state index in [-0.39, 0.29) is 13.0 Å². The number of thioether (sulfide) groups is 1. The van der Waals surface area contributed by atoms with E-state index in [1.807, 2.05) is 6.07 Å². The van der Waals surface area contributed by atoms with Crippen LogP contribution in [0.2, 0.25) is 0 Å². The molecule has 0 amide bonds. The van der Waals surface area contributed by atoms with Gasteiger partial charge in [-0.3, -0.25) is 19.2 Å². The molecule has 28 heavy (non-hydrogen) atoms. The summed E-state index contributed by atoms with van der Waals surface area (Å²) >= 11 is 1.17. The van der Waals surface area contributed by atoms with E-state index in [4.69, 9.17) is 28.9 Å². The van der Waals surface area contributed by atoms with Gasteiger partial charge in [-0.1, -0.05) is 0 Å². The molecule has 10 nitrogen and oxygen atoms in total. The van der Waals surface area contributed by atoms with Crippen LogP contribution in [0.4, 0.5) is 0 Å². The second-order valence-corrected chi connectivity index (χ2v) is 7.05. The number of rotatable bonds is 8. The third-order valence-corrected chi connectivity index (χ3v) is 4.59. The predicted octanol–water partition coefficient (Wildman–Crippen LogP) is 0.716. The SMILES string of the molecule is CC(=O)OCC1O[C@@H](SCCC#N)C(OC(C)=O)C(OC(C)=O)[C@H]1OC(C)=O. The summed E-state index contributed by atoms with van der Waals surface area (Å²) in [5, 5.41) is 8.74. The molecule has 11 heteroatoms. The van der Waals surface area contributed by atoms with Gasteiger partial charge < -0.3 is 23.7 Å². The van der Waals surface area contributed by atoms with E-state index in [0.29, 0.717) is 5.75 Å². The minimum Gasteiger partial charge on any atom is -0.463 e. The molecule has 1 saturated heterocycles. The molecular formula is C17H23NO9S. The van der Waals surface area contributed by atoms with Gasteiger partial charge in [0.2, 0.25) is 0 Å². The van der Waals surface area contributed by atoms with Crippen LogP contribution < -0.4 is 0 Å². The number of esters is 4. The lowest BCUT2D eigenvalue weighted by molar-refractivity contribution is -0.237. The molecule has 0 spiro atoms. The Morgan fingerprint density at radius 1 is 0.893 bits per heavy atom. The van der Waals surface area contributed by atoms with Crippen molar-refractivity contribution >= 4 is 35.6 Å². The van der Waals surface area contributed by atoms with Crippen LogP contribution in [-0.4, -0.2) is 66.1 Å². The van der Waals surface area contributed by atoms with Gasteiger partial charge in [0.25, 0.3) is 0 Å². The normalized spacial score (nSPS) is 26.5. The average molecular weight is 417 g/mol. The van der Waals surface area contributed by atoms with Gasteiger partial charge in [0.1, 0.15) is 18.1 Å². The van der Waals surface area contributed by atoms with Crippen molar-refractivity contribution in [2.45, 2.75) is 64.0 Å². The van der Waals surface area contributed by atoms with Crippen molar-refractivity contribution in [2.24, 2.45) is 0 Å². The van der Waals surface area contributed by atoms with Crippen molar-refractivity contribution in [3.8, 4) is 6.07 Å². The molecule has 1 heterocycles. The summed E-state index contributed by atoms with van der Waals surface area (Å²) in [4.78, 5) is 46.0. The van der Waals surface area contributed by atoms with E-state index >= 15 is 0 Å². The number of nitrogens with zero attached hydrogens (tertiary/aromatic N) is 1. The highest BCUT2D eigenvalue weighted by Crippen LogP contribution is 2.34. The Kier molecular flexibility index (Phi) is 9.75.